The summed E-state index contributed by atoms with van der Waals surface area (Å²) in [4.78, 5) is 22.3. The third kappa shape index (κ3) is 3.99. The van der Waals surface area contributed by atoms with Crippen LogP contribution in [-0.4, -0.2) is 32.1 Å². The molecule has 0 fully saturated rings. The fourth-order valence-corrected chi connectivity index (χ4v) is 3.99. The summed E-state index contributed by atoms with van der Waals surface area (Å²) in [6, 6.07) is 14.9. The van der Waals surface area contributed by atoms with Crippen molar-refractivity contribution < 1.29 is 9.53 Å². The fourth-order valence-electron chi connectivity index (χ4n) is 2.97. The normalized spacial score (nSPS) is 10.9. The Morgan fingerprint density at radius 2 is 1.90 bits per heavy atom. The number of nitrogens with zero attached hydrogens (tertiary/aromatic N) is 4. The quantitative estimate of drug-likeness (QED) is 0.462. The molecule has 2 aromatic heterocycles. The molecular formula is C22H21N5O2S. The molecule has 30 heavy (non-hydrogen) atoms. The van der Waals surface area contributed by atoms with E-state index in [0.29, 0.717) is 29.4 Å². The summed E-state index contributed by atoms with van der Waals surface area (Å²) < 4.78 is 7.29. The average molecular weight is 420 g/mol. The highest BCUT2D eigenvalue weighted by molar-refractivity contribution is 7.99. The van der Waals surface area contributed by atoms with E-state index in [-0.39, 0.29) is 5.91 Å². The molecule has 0 bridgehead atoms. The number of carbonyl (C=O) groups is 1. The van der Waals surface area contributed by atoms with Gasteiger partial charge in [-0.3, -0.25) is 4.79 Å². The van der Waals surface area contributed by atoms with Crippen molar-refractivity contribution in [1.29, 1.82) is 0 Å². The van der Waals surface area contributed by atoms with Gasteiger partial charge in [0.05, 0.1) is 12.2 Å². The second kappa shape index (κ2) is 8.54. The van der Waals surface area contributed by atoms with Gasteiger partial charge in [0.25, 0.3) is 11.7 Å². The highest BCUT2D eigenvalue weighted by Gasteiger charge is 2.14. The Hall–Kier alpha value is -3.39. The number of ether oxygens (including phenoxy) is 1. The zero-order valence-electron chi connectivity index (χ0n) is 16.9. The predicted octanol–water partition coefficient (Wildman–Crippen LogP) is 4.54. The monoisotopic (exact) mass is 419 g/mol. The molecule has 4 aromatic rings. The van der Waals surface area contributed by atoms with Gasteiger partial charge in [0.15, 0.2) is 0 Å². The minimum absolute atomic E-state index is 0.204. The van der Waals surface area contributed by atoms with Gasteiger partial charge in [-0.2, -0.15) is 14.6 Å². The summed E-state index contributed by atoms with van der Waals surface area (Å²) in [5.74, 6) is 0.951. The summed E-state index contributed by atoms with van der Waals surface area (Å²) in [7, 11) is 0. The second-order valence-electron chi connectivity index (χ2n) is 6.61. The summed E-state index contributed by atoms with van der Waals surface area (Å²) >= 11 is 1.58. The van der Waals surface area contributed by atoms with E-state index >= 15 is 0 Å². The van der Waals surface area contributed by atoms with E-state index in [2.05, 4.69) is 20.4 Å². The van der Waals surface area contributed by atoms with Crippen LogP contribution in [0.15, 0.2) is 64.8 Å². The summed E-state index contributed by atoms with van der Waals surface area (Å²) in [5, 5.41) is 8.18. The van der Waals surface area contributed by atoms with Crippen LogP contribution in [0.4, 0.5) is 5.69 Å². The first-order valence-corrected chi connectivity index (χ1v) is 10.4. The number of hydrogen-bond acceptors (Lipinski definition) is 6. The third-order valence-electron chi connectivity index (χ3n) is 4.61. The van der Waals surface area contributed by atoms with Gasteiger partial charge in [-0.25, -0.2) is 4.98 Å². The van der Waals surface area contributed by atoms with E-state index in [1.165, 1.54) is 6.33 Å². The molecule has 4 rings (SSSR count). The smallest absolute Gasteiger partial charge is 0.259 e. The van der Waals surface area contributed by atoms with Crippen molar-refractivity contribution in [3.8, 4) is 5.75 Å². The van der Waals surface area contributed by atoms with Crippen LogP contribution < -0.4 is 10.1 Å². The van der Waals surface area contributed by atoms with Crippen LogP contribution in [0.2, 0.25) is 0 Å². The molecule has 0 saturated carbocycles. The predicted molar refractivity (Wildman–Crippen MR) is 116 cm³/mol. The Morgan fingerprint density at radius 1 is 1.13 bits per heavy atom. The first kappa shape index (κ1) is 19.9. The van der Waals surface area contributed by atoms with Crippen molar-refractivity contribution >= 4 is 29.1 Å². The van der Waals surface area contributed by atoms with Gasteiger partial charge >= 0.3 is 0 Å². The van der Waals surface area contributed by atoms with Gasteiger partial charge < -0.3 is 10.1 Å². The number of para-hydroxylation sites is 1. The van der Waals surface area contributed by atoms with Crippen molar-refractivity contribution in [2.24, 2.45) is 0 Å². The molecule has 0 spiro atoms. The summed E-state index contributed by atoms with van der Waals surface area (Å²) in [6.07, 6.45) is 1.50. The lowest BCUT2D eigenvalue weighted by molar-refractivity contribution is 0.102. The van der Waals surface area contributed by atoms with Crippen LogP contribution in [0.1, 0.15) is 28.5 Å². The standard InChI is InChI=1S/C22H21N5O2S/c1-4-29-19-8-6-5-7-18(19)20(28)26-16-9-11-17(12-10-16)30-21-14(2)15(3)25-22-23-13-24-27(21)22/h5-13H,4H2,1-3H3,(H,26,28). The Labute approximate surface area is 178 Å². The van der Waals surface area contributed by atoms with Gasteiger partial charge in [-0.05, 0) is 57.2 Å². The number of nitrogens with one attached hydrogen (secondary N) is 1. The Kier molecular flexibility index (Phi) is 5.67. The van der Waals surface area contributed by atoms with Crippen molar-refractivity contribution in [1.82, 2.24) is 19.6 Å². The van der Waals surface area contributed by atoms with Crippen molar-refractivity contribution in [3.05, 3.63) is 71.7 Å². The van der Waals surface area contributed by atoms with Crippen LogP contribution in [0.25, 0.3) is 5.78 Å². The van der Waals surface area contributed by atoms with E-state index in [4.69, 9.17) is 4.74 Å². The zero-order chi connectivity index (χ0) is 21.1. The maximum absolute atomic E-state index is 12.7. The minimum Gasteiger partial charge on any atom is -0.493 e. The Morgan fingerprint density at radius 3 is 2.67 bits per heavy atom. The van der Waals surface area contributed by atoms with Crippen molar-refractivity contribution in [2.45, 2.75) is 30.7 Å². The molecule has 0 aliphatic heterocycles. The number of anilines is 1. The lowest BCUT2D eigenvalue weighted by Crippen LogP contribution is -2.13. The third-order valence-corrected chi connectivity index (χ3v) is 5.79. The number of aryl methyl sites for hydroxylation is 1. The number of fused-ring (bicyclic) bond motifs is 1. The molecule has 0 atom stereocenters. The van der Waals surface area contributed by atoms with E-state index in [9.17, 15) is 4.79 Å². The molecule has 0 saturated heterocycles. The fraction of sp³-hybridized carbons (Fsp3) is 0.182. The minimum atomic E-state index is -0.204. The lowest BCUT2D eigenvalue weighted by Gasteiger charge is -2.12. The van der Waals surface area contributed by atoms with Crippen LogP contribution in [0.3, 0.4) is 0 Å². The zero-order valence-corrected chi connectivity index (χ0v) is 17.7. The number of rotatable bonds is 6. The maximum Gasteiger partial charge on any atom is 0.259 e. The maximum atomic E-state index is 12.7. The van der Waals surface area contributed by atoms with Crippen molar-refractivity contribution in [3.63, 3.8) is 0 Å². The van der Waals surface area contributed by atoms with E-state index in [1.54, 1.807) is 28.4 Å². The van der Waals surface area contributed by atoms with Gasteiger partial charge in [0.2, 0.25) is 0 Å². The SMILES string of the molecule is CCOc1ccccc1C(=O)Nc1ccc(Sc2c(C)c(C)nc3ncnn23)cc1. The molecule has 0 radical (unpaired) electrons. The molecular weight excluding hydrogens is 398 g/mol. The van der Waals surface area contributed by atoms with E-state index in [0.717, 1.165) is 21.2 Å². The summed E-state index contributed by atoms with van der Waals surface area (Å²) in [6.45, 7) is 6.39. The first-order chi connectivity index (χ1) is 14.6. The van der Waals surface area contributed by atoms with Gasteiger partial charge in [0, 0.05) is 21.8 Å². The first-order valence-electron chi connectivity index (χ1n) is 9.55. The second-order valence-corrected chi connectivity index (χ2v) is 7.67. The number of carbonyl (C=O) groups excluding carboxylic acids is 1. The van der Waals surface area contributed by atoms with E-state index < -0.39 is 0 Å². The Bertz CT molecular complexity index is 1200. The Balaban J connectivity index is 1.53. The van der Waals surface area contributed by atoms with Gasteiger partial charge in [-0.1, -0.05) is 23.9 Å². The molecule has 2 aromatic carbocycles. The number of hydrogen-bond donors (Lipinski definition) is 1. The molecule has 1 N–H and O–H groups in total. The number of benzene rings is 2. The molecule has 8 heteroatoms. The molecule has 7 nitrogen and oxygen atoms in total. The van der Waals surface area contributed by atoms with Crippen LogP contribution in [0.5, 0.6) is 5.75 Å². The molecule has 152 valence electrons. The lowest BCUT2D eigenvalue weighted by atomic mass is 10.2. The topological polar surface area (TPSA) is 81.4 Å². The average Bonchev–Trinajstić information content (AvgIpc) is 3.21. The molecule has 0 aliphatic rings. The molecule has 0 aliphatic carbocycles. The van der Waals surface area contributed by atoms with Gasteiger partial charge in [-0.15, -0.1) is 0 Å². The van der Waals surface area contributed by atoms with Crippen LogP contribution in [-0.2, 0) is 0 Å². The van der Waals surface area contributed by atoms with Gasteiger partial charge in [0.1, 0.15) is 17.1 Å². The van der Waals surface area contributed by atoms with Crippen LogP contribution in [0, 0.1) is 13.8 Å². The highest BCUT2D eigenvalue weighted by atomic mass is 32.2. The molecule has 0 unspecified atom stereocenters. The van der Waals surface area contributed by atoms with E-state index in [1.807, 2.05) is 57.2 Å². The highest BCUT2D eigenvalue weighted by Crippen LogP contribution is 2.32. The number of aromatic nitrogens is 4. The summed E-state index contributed by atoms with van der Waals surface area (Å²) in [5.41, 5.74) is 3.20. The molecule has 1 amide bonds. The largest absolute Gasteiger partial charge is 0.493 e. The van der Waals surface area contributed by atoms with Crippen LogP contribution >= 0.6 is 11.8 Å². The van der Waals surface area contributed by atoms with Crippen molar-refractivity contribution in [2.75, 3.05) is 11.9 Å². The number of amides is 1. The molecule has 2 heterocycles.